The number of carbonyl (C=O) groups is 2. The Kier molecular flexibility index (Phi) is 7.00. The van der Waals surface area contributed by atoms with Gasteiger partial charge in [0.15, 0.2) is 0 Å². The summed E-state index contributed by atoms with van der Waals surface area (Å²) in [7, 11) is 0. The van der Waals surface area contributed by atoms with Crippen LogP contribution in [0.4, 0.5) is 9.18 Å². The molecule has 2 atom stereocenters. The molecular weight excluding hydrogens is 333 g/mol. The molecule has 144 valence electrons. The zero-order valence-electron chi connectivity index (χ0n) is 16.1. The molecule has 0 bridgehead atoms. The van der Waals surface area contributed by atoms with Crippen molar-refractivity contribution in [3.63, 3.8) is 0 Å². The summed E-state index contributed by atoms with van der Waals surface area (Å²) in [5.74, 6) is -0.294. The van der Waals surface area contributed by atoms with Gasteiger partial charge in [0.25, 0.3) is 0 Å². The van der Waals surface area contributed by atoms with Crippen molar-refractivity contribution in [3.8, 4) is 0 Å². The summed E-state index contributed by atoms with van der Waals surface area (Å²) < 4.78 is 13.3. The molecule has 0 radical (unpaired) electrons. The van der Waals surface area contributed by atoms with Gasteiger partial charge in [0.1, 0.15) is 5.82 Å². The van der Waals surface area contributed by atoms with E-state index in [1.165, 1.54) is 12.1 Å². The third kappa shape index (κ3) is 5.44. The lowest BCUT2D eigenvalue weighted by Crippen LogP contribution is -2.42. The van der Waals surface area contributed by atoms with E-state index in [0.29, 0.717) is 25.6 Å². The fraction of sp³-hybridized carbons (Fsp3) is 0.600. The number of rotatable bonds is 6. The maximum Gasteiger partial charge on any atom is 0.317 e. The highest BCUT2D eigenvalue weighted by molar-refractivity contribution is 5.83. The van der Waals surface area contributed by atoms with Crippen LogP contribution in [0.5, 0.6) is 0 Å². The molecule has 1 fully saturated rings. The Labute approximate surface area is 155 Å². The first-order valence-electron chi connectivity index (χ1n) is 9.36. The van der Waals surface area contributed by atoms with Gasteiger partial charge in [0, 0.05) is 31.6 Å². The Morgan fingerprint density at radius 1 is 1.15 bits per heavy atom. The SMILES string of the molecule is CC(C)CCNC(=O)[C@@H]1CN(C(=O)NC(C)C)C[C@H]1c1ccc(F)cc1. The normalized spacial score (nSPS) is 19.9. The van der Waals surface area contributed by atoms with Crippen molar-refractivity contribution in [2.24, 2.45) is 11.8 Å². The minimum atomic E-state index is -0.328. The number of urea groups is 1. The smallest absolute Gasteiger partial charge is 0.317 e. The van der Waals surface area contributed by atoms with Crippen molar-refractivity contribution >= 4 is 11.9 Å². The molecular formula is C20H30FN3O2. The Bertz CT molecular complexity index is 616. The molecule has 1 saturated heterocycles. The van der Waals surface area contributed by atoms with E-state index in [0.717, 1.165) is 12.0 Å². The van der Waals surface area contributed by atoms with E-state index in [-0.39, 0.29) is 35.6 Å². The minimum Gasteiger partial charge on any atom is -0.356 e. The van der Waals surface area contributed by atoms with Crippen LogP contribution < -0.4 is 10.6 Å². The molecule has 2 rings (SSSR count). The van der Waals surface area contributed by atoms with Gasteiger partial charge in [0.05, 0.1) is 5.92 Å². The van der Waals surface area contributed by atoms with E-state index < -0.39 is 0 Å². The first-order chi connectivity index (χ1) is 12.3. The maximum absolute atomic E-state index is 13.3. The number of halogens is 1. The van der Waals surface area contributed by atoms with Crippen LogP contribution in [0.25, 0.3) is 0 Å². The van der Waals surface area contributed by atoms with Crippen molar-refractivity contribution in [2.75, 3.05) is 19.6 Å². The summed E-state index contributed by atoms with van der Waals surface area (Å²) in [6.07, 6.45) is 0.914. The van der Waals surface area contributed by atoms with E-state index >= 15 is 0 Å². The van der Waals surface area contributed by atoms with Gasteiger partial charge in [-0.3, -0.25) is 4.79 Å². The predicted octanol–water partition coefficient (Wildman–Crippen LogP) is 3.12. The molecule has 0 aliphatic carbocycles. The number of likely N-dealkylation sites (tertiary alicyclic amines) is 1. The molecule has 0 saturated carbocycles. The van der Waals surface area contributed by atoms with Crippen LogP contribution in [-0.2, 0) is 4.79 Å². The van der Waals surface area contributed by atoms with Crippen molar-refractivity contribution in [1.82, 2.24) is 15.5 Å². The molecule has 6 heteroatoms. The number of amides is 3. The van der Waals surface area contributed by atoms with Crippen LogP contribution in [-0.4, -0.2) is 42.5 Å². The van der Waals surface area contributed by atoms with Crippen LogP contribution in [0.2, 0.25) is 0 Å². The minimum absolute atomic E-state index is 0.0330. The summed E-state index contributed by atoms with van der Waals surface area (Å²) in [5.41, 5.74) is 0.884. The molecule has 0 spiro atoms. The van der Waals surface area contributed by atoms with Crippen LogP contribution in [0.15, 0.2) is 24.3 Å². The second-order valence-corrected chi connectivity index (χ2v) is 7.75. The van der Waals surface area contributed by atoms with Gasteiger partial charge in [0.2, 0.25) is 5.91 Å². The van der Waals surface area contributed by atoms with Crippen molar-refractivity contribution < 1.29 is 14.0 Å². The highest BCUT2D eigenvalue weighted by Gasteiger charge is 2.40. The summed E-state index contributed by atoms with van der Waals surface area (Å²) in [6.45, 7) is 9.48. The van der Waals surface area contributed by atoms with Crippen molar-refractivity contribution in [1.29, 1.82) is 0 Å². The molecule has 1 heterocycles. The molecule has 1 aliphatic rings. The fourth-order valence-electron chi connectivity index (χ4n) is 3.24. The highest BCUT2D eigenvalue weighted by Crippen LogP contribution is 2.33. The van der Waals surface area contributed by atoms with Gasteiger partial charge in [-0.25, -0.2) is 9.18 Å². The summed E-state index contributed by atoms with van der Waals surface area (Å²) in [5, 5.41) is 5.87. The Morgan fingerprint density at radius 2 is 1.81 bits per heavy atom. The topological polar surface area (TPSA) is 61.4 Å². The summed E-state index contributed by atoms with van der Waals surface area (Å²) >= 11 is 0. The highest BCUT2D eigenvalue weighted by atomic mass is 19.1. The lowest BCUT2D eigenvalue weighted by molar-refractivity contribution is -0.124. The van der Waals surface area contributed by atoms with Crippen LogP contribution in [0.1, 0.15) is 45.6 Å². The van der Waals surface area contributed by atoms with E-state index in [2.05, 4.69) is 24.5 Å². The first kappa shape index (κ1) is 20.2. The largest absolute Gasteiger partial charge is 0.356 e. The predicted molar refractivity (Wildman–Crippen MR) is 100 cm³/mol. The molecule has 1 aromatic rings. The van der Waals surface area contributed by atoms with Crippen molar-refractivity contribution in [3.05, 3.63) is 35.6 Å². The average Bonchev–Trinajstić information content (AvgIpc) is 3.00. The second-order valence-electron chi connectivity index (χ2n) is 7.75. The lowest BCUT2D eigenvalue weighted by atomic mass is 9.88. The molecule has 3 amide bonds. The molecule has 0 aromatic heterocycles. The van der Waals surface area contributed by atoms with Crippen LogP contribution >= 0.6 is 0 Å². The zero-order valence-corrected chi connectivity index (χ0v) is 16.1. The standard InChI is InChI=1S/C20H30FN3O2/c1-13(2)9-10-22-19(25)18-12-24(20(26)23-14(3)4)11-17(18)15-5-7-16(21)8-6-15/h5-8,13-14,17-18H,9-12H2,1-4H3,(H,22,25)(H,23,26)/t17-,18+/m0/s1. The first-order valence-corrected chi connectivity index (χ1v) is 9.36. The number of carbonyl (C=O) groups excluding carboxylic acids is 2. The summed E-state index contributed by atoms with van der Waals surface area (Å²) in [6, 6.07) is 6.09. The van der Waals surface area contributed by atoms with Gasteiger partial charge >= 0.3 is 6.03 Å². The third-order valence-corrected chi connectivity index (χ3v) is 4.68. The Morgan fingerprint density at radius 3 is 2.38 bits per heavy atom. The Balaban J connectivity index is 2.13. The number of nitrogens with one attached hydrogen (secondary N) is 2. The van der Waals surface area contributed by atoms with Crippen LogP contribution in [0, 0.1) is 17.7 Å². The van der Waals surface area contributed by atoms with E-state index in [4.69, 9.17) is 0 Å². The van der Waals surface area contributed by atoms with Gasteiger partial charge in [-0.2, -0.15) is 0 Å². The number of benzene rings is 1. The van der Waals surface area contributed by atoms with Gasteiger partial charge in [-0.1, -0.05) is 26.0 Å². The fourth-order valence-corrected chi connectivity index (χ4v) is 3.24. The number of hydrogen-bond donors (Lipinski definition) is 2. The maximum atomic E-state index is 13.3. The Hall–Kier alpha value is -2.11. The zero-order chi connectivity index (χ0) is 19.3. The molecule has 26 heavy (non-hydrogen) atoms. The molecule has 5 nitrogen and oxygen atoms in total. The van der Waals surface area contributed by atoms with E-state index in [1.807, 2.05) is 13.8 Å². The molecule has 1 aliphatic heterocycles. The van der Waals surface area contributed by atoms with E-state index in [1.54, 1.807) is 17.0 Å². The number of nitrogens with zero attached hydrogens (tertiary/aromatic N) is 1. The summed E-state index contributed by atoms with van der Waals surface area (Å²) in [4.78, 5) is 26.8. The molecule has 1 aromatic carbocycles. The van der Waals surface area contributed by atoms with Crippen molar-refractivity contribution in [2.45, 2.75) is 46.1 Å². The average molecular weight is 363 g/mol. The monoisotopic (exact) mass is 363 g/mol. The van der Waals surface area contributed by atoms with E-state index in [9.17, 15) is 14.0 Å². The quantitative estimate of drug-likeness (QED) is 0.816. The molecule has 0 unspecified atom stereocenters. The van der Waals surface area contributed by atoms with Gasteiger partial charge in [-0.15, -0.1) is 0 Å². The third-order valence-electron chi connectivity index (χ3n) is 4.68. The molecule has 2 N–H and O–H groups in total. The van der Waals surface area contributed by atoms with Crippen LogP contribution in [0.3, 0.4) is 0 Å². The van der Waals surface area contributed by atoms with Gasteiger partial charge in [-0.05, 0) is 43.9 Å². The van der Waals surface area contributed by atoms with Gasteiger partial charge < -0.3 is 15.5 Å². The number of hydrogen-bond acceptors (Lipinski definition) is 2. The second kappa shape index (κ2) is 9.01. The lowest BCUT2D eigenvalue weighted by Gasteiger charge is -2.19.